The molecule has 0 bridgehead atoms. The van der Waals surface area contributed by atoms with E-state index < -0.39 is 0 Å². The van der Waals surface area contributed by atoms with Crippen LogP contribution in [-0.4, -0.2) is 43.2 Å². The molecule has 0 aliphatic heterocycles. The molecular formula is C12H24N2O2. The first-order valence-electron chi connectivity index (χ1n) is 6.28. The highest BCUT2D eigenvalue weighted by atomic mass is 16.5. The summed E-state index contributed by atoms with van der Waals surface area (Å²) < 4.78 is 4.82. The number of esters is 1. The van der Waals surface area contributed by atoms with E-state index in [9.17, 15) is 4.79 Å². The third kappa shape index (κ3) is 3.19. The minimum Gasteiger partial charge on any atom is -0.468 e. The molecule has 1 rings (SSSR count). The van der Waals surface area contributed by atoms with Crippen LogP contribution in [0.15, 0.2) is 0 Å². The molecule has 0 aromatic carbocycles. The van der Waals surface area contributed by atoms with Crippen LogP contribution in [0.4, 0.5) is 0 Å². The molecule has 0 radical (unpaired) electrons. The average molecular weight is 228 g/mol. The minimum atomic E-state index is -0.266. The van der Waals surface area contributed by atoms with Crippen LogP contribution in [0.2, 0.25) is 0 Å². The van der Waals surface area contributed by atoms with E-state index in [4.69, 9.17) is 10.5 Å². The largest absolute Gasteiger partial charge is 0.468 e. The van der Waals surface area contributed by atoms with E-state index in [2.05, 4.69) is 11.8 Å². The highest BCUT2D eigenvalue weighted by molar-refractivity contribution is 5.76. The van der Waals surface area contributed by atoms with Gasteiger partial charge in [0.05, 0.1) is 7.11 Å². The Morgan fingerprint density at radius 2 is 2.06 bits per heavy atom. The third-order valence-electron chi connectivity index (χ3n) is 3.51. The van der Waals surface area contributed by atoms with Crippen molar-refractivity contribution in [1.82, 2.24) is 4.90 Å². The molecule has 1 atom stereocenters. The Hall–Kier alpha value is -0.610. The molecular weight excluding hydrogens is 204 g/mol. The zero-order valence-electron chi connectivity index (χ0n) is 10.4. The number of carbonyl (C=O) groups is 1. The van der Waals surface area contributed by atoms with Gasteiger partial charge in [-0.2, -0.15) is 0 Å². The van der Waals surface area contributed by atoms with Crippen LogP contribution >= 0.6 is 0 Å². The van der Waals surface area contributed by atoms with E-state index >= 15 is 0 Å². The van der Waals surface area contributed by atoms with E-state index in [-0.39, 0.29) is 12.0 Å². The fourth-order valence-electron chi connectivity index (χ4n) is 2.65. The Labute approximate surface area is 98.1 Å². The third-order valence-corrected chi connectivity index (χ3v) is 3.51. The van der Waals surface area contributed by atoms with Gasteiger partial charge >= 0.3 is 5.97 Å². The summed E-state index contributed by atoms with van der Waals surface area (Å²) in [6.07, 6.45) is 6.21. The van der Waals surface area contributed by atoms with Crippen LogP contribution in [0, 0.1) is 0 Å². The normalized spacial score (nSPS) is 19.8. The van der Waals surface area contributed by atoms with Crippen molar-refractivity contribution < 1.29 is 9.53 Å². The van der Waals surface area contributed by atoms with E-state index in [0.29, 0.717) is 12.6 Å². The number of nitrogens with two attached hydrogens (primary N) is 1. The zero-order valence-corrected chi connectivity index (χ0v) is 10.4. The molecule has 4 nitrogen and oxygen atoms in total. The molecule has 1 aliphatic rings. The second kappa shape index (κ2) is 6.86. The highest BCUT2D eigenvalue weighted by Crippen LogP contribution is 2.24. The Morgan fingerprint density at radius 3 is 2.50 bits per heavy atom. The number of hydrogen-bond donors (Lipinski definition) is 1. The summed E-state index contributed by atoms with van der Waals surface area (Å²) in [6, 6.07) is 0.240. The Balaban J connectivity index is 2.65. The van der Waals surface area contributed by atoms with Crippen LogP contribution in [0.5, 0.6) is 0 Å². The van der Waals surface area contributed by atoms with Crippen molar-refractivity contribution >= 4 is 5.97 Å². The maximum atomic E-state index is 11.6. The highest BCUT2D eigenvalue weighted by Gasteiger charge is 2.30. The van der Waals surface area contributed by atoms with Gasteiger partial charge in [-0.05, 0) is 19.4 Å². The van der Waals surface area contributed by atoms with Gasteiger partial charge in [-0.3, -0.25) is 9.69 Å². The molecule has 0 saturated heterocycles. The molecule has 0 heterocycles. The summed E-state index contributed by atoms with van der Waals surface area (Å²) in [7, 11) is 1.43. The number of nitrogens with zero attached hydrogens (tertiary/aromatic N) is 1. The van der Waals surface area contributed by atoms with E-state index in [1.54, 1.807) is 0 Å². The van der Waals surface area contributed by atoms with Crippen LogP contribution in [0.3, 0.4) is 0 Å². The SMILES string of the molecule is CCN(C1CCCCC1)C(CN)C(=O)OC. The minimum absolute atomic E-state index is 0.199. The number of hydrogen-bond acceptors (Lipinski definition) is 4. The Bertz CT molecular complexity index is 215. The lowest BCUT2D eigenvalue weighted by atomic mass is 9.93. The lowest BCUT2D eigenvalue weighted by molar-refractivity contribution is -0.147. The monoisotopic (exact) mass is 228 g/mol. The van der Waals surface area contributed by atoms with E-state index in [0.717, 1.165) is 6.54 Å². The lowest BCUT2D eigenvalue weighted by Crippen LogP contribution is -2.51. The Kier molecular flexibility index (Phi) is 5.77. The summed E-state index contributed by atoms with van der Waals surface area (Å²) in [4.78, 5) is 13.9. The average Bonchev–Trinajstić information content (AvgIpc) is 2.36. The number of carbonyl (C=O) groups excluding carboxylic acids is 1. The van der Waals surface area contributed by atoms with Gasteiger partial charge in [0.2, 0.25) is 0 Å². The summed E-state index contributed by atoms with van der Waals surface area (Å²) in [5.74, 6) is -0.199. The molecule has 0 aromatic rings. The fraction of sp³-hybridized carbons (Fsp3) is 0.917. The first kappa shape index (κ1) is 13.5. The standard InChI is InChI=1S/C12H24N2O2/c1-3-14(10-7-5-4-6-8-10)11(9-13)12(15)16-2/h10-11H,3-9,13H2,1-2H3. The van der Waals surface area contributed by atoms with Gasteiger partial charge in [-0.1, -0.05) is 26.2 Å². The van der Waals surface area contributed by atoms with Gasteiger partial charge < -0.3 is 10.5 Å². The van der Waals surface area contributed by atoms with Crippen molar-refractivity contribution in [1.29, 1.82) is 0 Å². The zero-order chi connectivity index (χ0) is 12.0. The molecule has 16 heavy (non-hydrogen) atoms. The van der Waals surface area contributed by atoms with Crippen LogP contribution in [-0.2, 0) is 9.53 Å². The number of methoxy groups -OCH3 is 1. The predicted molar refractivity (Wildman–Crippen MR) is 64.1 cm³/mol. The first-order valence-corrected chi connectivity index (χ1v) is 6.28. The van der Waals surface area contributed by atoms with Gasteiger partial charge in [-0.25, -0.2) is 0 Å². The van der Waals surface area contributed by atoms with Gasteiger partial charge in [0, 0.05) is 12.6 Å². The van der Waals surface area contributed by atoms with Crippen molar-refractivity contribution in [3.8, 4) is 0 Å². The first-order chi connectivity index (χ1) is 7.74. The number of ether oxygens (including phenoxy) is 1. The van der Waals surface area contributed by atoms with Crippen LogP contribution in [0.1, 0.15) is 39.0 Å². The second-order valence-corrected chi connectivity index (χ2v) is 4.40. The molecule has 2 N–H and O–H groups in total. The molecule has 0 amide bonds. The molecule has 0 aromatic heterocycles. The smallest absolute Gasteiger partial charge is 0.324 e. The maximum absolute atomic E-state index is 11.6. The van der Waals surface area contributed by atoms with Crippen molar-refractivity contribution in [3.63, 3.8) is 0 Å². The van der Waals surface area contributed by atoms with E-state index in [1.165, 1.54) is 39.2 Å². The summed E-state index contributed by atoms with van der Waals surface area (Å²) in [5, 5.41) is 0. The molecule has 1 saturated carbocycles. The molecule has 0 spiro atoms. The topological polar surface area (TPSA) is 55.6 Å². The van der Waals surface area contributed by atoms with Crippen LogP contribution in [0.25, 0.3) is 0 Å². The van der Waals surface area contributed by atoms with Crippen LogP contribution < -0.4 is 5.73 Å². The number of rotatable bonds is 5. The summed E-state index contributed by atoms with van der Waals surface area (Å²) >= 11 is 0. The summed E-state index contributed by atoms with van der Waals surface area (Å²) in [6.45, 7) is 3.29. The van der Waals surface area contributed by atoms with Crippen molar-refractivity contribution in [3.05, 3.63) is 0 Å². The van der Waals surface area contributed by atoms with Gasteiger partial charge in [0.15, 0.2) is 0 Å². The molecule has 94 valence electrons. The maximum Gasteiger partial charge on any atom is 0.324 e. The second-order valence-electron chi connectivity index (χ2n) is 4.40. The van der Waals surface area contributed by atoms with Crippen molar-refractivity contribution in [2.24, 2.45) is 5.73 Å². The Morgan fingerprint density at radius 1 is 1.44 bits per heavy atom. The van der Waals surface area contributed by atoms with Gasteiger partial charge in [0.25, 0.3) is 0 Å². The van der Waals surface area contributed by atoms with E-state index in [1.807, 2.05) is 0 Å². The van der Waals surface area contributed by atoms with Gasteiger partial charge in [0.1, 0.15) is 6.04 Å². The van der Waals surface area contributed by atoms with Crippen molar-refractivity contribution in [2.45, 2.75) is 51.1 Å². The predicted octanol–water partition coefficient (Wildman–Crippen LogP) is 1.14. The molecule has 1 unspecified atom stereocenters. The quantitative estimate of drug-likeness (QED) is 0.717. The fourth-order valence-corrected chi connectivity index (χ4v) is 2.65. The molecule has 1 fully saturated rings. The lowest BCUT2D eigenvalue weighted by Gasteiger charge is -2.37. The molecule has 1 aliphatic carbocycles. The number of likely N-dealkylation sites (N-methyl/N-ethyl adjacent to an activating group) is 1. The van der Waals surface area contributed by atoms with Gasteiger partial charge in [-0.15, -0.1) is 0 Å². The summed E-state index contributed by atoms with van der Waals surface area (Å²) in [5.41, 5.74) is 5.69. The van der Waals surface area contributed by atoms with Crippen molar-refractivity contribution in [2.75, 3.05) is 20.2 Å². The molecule has 4 heteroatoms.